The molecule has 3 aromatic rings. The summed E-state index contributed by atoms with van der Waals surface area (Å²) in [5.41, 5.74) is -0.216. The number of nitro groups is 1. The summed E-state index contributed by atoms with van der Waals surface area (Å²) in [6, 6.07) is 11.2. The molecule has 0 fully saturated rings. The average molecular weight is 373 g/mol. The fourth-order valence-corrected chi connectivity index (χ4v) is 3.15. The lowest BCUT2D eigenvalue weighted by Crippen LogP contribution is -2.13. The fraction of sp³-hybridized carbons (Fsp3) is 0. The summed E-state index contributed by atoms with van der Waals surface area (Å²) < 4.78 is 31.5. The van der Waals surface area contributed by atoms with E-state index in [9.17, 15) is 18.5 Å². The summed E-state index contributed by atoms with van der Waals surface area (Å²) in [5.74, 6) is -0.0255. The van der Waals surface area contributed by atoms with Crippen molar-refractivity contribution >= 4 is 22.0 Å². The second kappa shape index (κ2) is 7.11. The molecule has 0 aliphatic heterocycles. The van der Waals surface area contributed by atoms with Gasteiger partial charge < -0.3 is 4.18 Å². The zero-order valence-corrected chi connectivity index (χ0v) is 13.9. The van der Waals surface area contributed by atoms with Crippen LogP contribution in [0.3, 0.4) is 0 Å². The van der Waals surface area contributed by atoms with Crippen LogP contribution in [0, 0.1) is 10.1 Å². The van der Waals surface area contributed by atoms with Gasteiger partial charge in [0.05, 0.1) is 11.1 Å². The third-order valence-electron chi connectivity index (χ3n) is 3.19. The monoisotopic (exact) mass is 373 g/mol. The molecule has 11 heteroatoms. The normalized spacial score (nSPS) is 11.5. The van der Waals surface area contributed by atoms with Crippen LogP contribution < -0.4 is 4.18 Å². The summed E-state index contributed by atoms with van der Waals surface area (Å²) in [5, 5.41) is 22.3. The number of rotatable bonds is 6. The predicted octanol–water partition coefficient (Wildman–Crippen LogP) is 1.84. The molecule has 0 atom stereocenters. The molecular formula is C15H11N5O5S. The smallest absolute Gasteiger partial charge is 0.346 e. The lowest BCUT2D eigenvalue weighted by Gasteiger charge is -2.09. The molecule has 10 nitrogen and oxygen atoms in total. The zero-order valence-electron chi connectivity index (χ0n) is 13.0. The van der Waals surface area contributed by atoms with Gasteiger partial charge in [0, 0.05) is 11.6 Å². The molecule has 0 spiro atoms. The average Bonchev–Trinajstić information content (AvgIpc) is 3.14. The third kappa shape index (κ3) is 3.72. The molecule has 132 valence electrons. The number of aromatic nitrogens is 3. The van der Waals surface area contributed by atoms with Gasteiger partial charge in [0.1, 0.15) is 12.7 Å². The lowest BCUT2D eigenvalue weighted by molar-refractivity contribution is -0.387. The maximum Gasteiger partial charge on any atom is 0.346 e. The number of nitrogens with zero attached hydrogens (tertiary/aromatic N) is 5. The third-order valence-corrected chi connectivity index (χ3v) is 4.47. The Bertz CT molecular complexity index is 1060. The zero-order chi connectivity index (χ0) is 18.6. The molecule has 26 heavy (non-hydrogen) atoms. The highest BCUT2D eigenvalue weighted by Gasteiger charge is 2.27. The maximum absolute atomic E-state index is 12.5. The Morgan fingerprint density at radius 1 is 1.08 bits per heavy atom. The molecule has 1 heterocycles. The van der Waals surface area contributed by atoms with E-state index in [0.29, 0.717) is 5.56 Å². The van der Waals surface area contributed by atoms with Crippen molar-refractivity contribution < 1.29 is 17.5 Å². The minimum atomic E-state index is -4.42. The van der Waals surface area contributed by atoms with Crippen LogP contribution >= 0.6 is 0 Å². The fourth-order valence-electron chi connectivity index (χ4n) is 2.03. The van der Waals surface area contributed by atoms with Gasteiger partial charge in [0.25, 0.3) is 5.69 Å². The van der Waals surface area contributed by atoms with Crippen LogP contribution in [0.5, 0.6) is 5.75 Å². The largest absolute Gasteiger partial charge is 0.378 e. The molecule has 0 radical (unpaired) electrons. The molecule has 0 amide bonds. The minimum Gasteiger partial charge on any atom is -0.378 e. The van der Waals surface area contributed by atoms with Crippen LogP contribution in [0.4, 0.5) is 5.69 Å². The summed E-state index contributed by atoms with van der Waals surface area (Å²) in [7, 11) is -4.42. The number of benzene rings is 2. The molecule has 2 aromatic carbocycles. The molecule has 0 N–H and O–H groups in total. The van der Waals surface area contributed by atoms with Gasteiger partial charge in [-0.2, -0.15) is 13.5 Å². The molecule has 0 aliphatic rings. The maximum atomic E-state index is 12.5. The van der Waals surface area contributed by atoms with Gasteiger partial charge in [-0.3, -0.25) is 10.1 Å². The Hall–Kier alpha value is -3.60. The Kier molecular flexibility index (Phi) is 4.71. The van der Waals surface area contributed by atoms with Crippen LogP contribution in [0.2, 0.25) is 0 Å². The Labute approximate surface area is 147 Å². The van der Waals surface area contributed by atoms with Crippen molar-refractivity contribution in [3.05, 3.63) is 76.9 Å². The molecule has 0 unspecified atom stereocenters. The number of nitro benzene ring substituents is 1. The second-order valence-corrected chi connectivity index (χ2v) is 6.40. The van der Waals surface area contributed by atoms with Gasteiger partial charge in [-0.15, -0.1) is 10.2 Å². The molecule has 3 rings (SSSR count). The number of hydrogen-bond acceptors (Lipinski definition) is 8. The van der Waals surface area contributed by atoms with Crippen molar-refractivity contribution in [1.29, 1.82) is 0 Å². The van der Waals surface area contributed by atoms with Crippen LogP contribution in [-0.2, 0) is 10.1 Å². The van der Waals surface area contributed by atoms with E-state index in [1.54, 1.807) is 18.2 Å². The lowest BCUT2D eigenvalue weighted by atomic mass is 10.2. The summed E-state index contributed by atoms with van der Waals surface area (Å²) in [6.07, 6.45) is 4.06. The van der Waals surface area contributed by atoms with Crippen LogP contribution in [0.15, 0.2) is 71.2 Å². The first-order valence-corrected chi connectivity index (χ1v) is 8.54. The first kappa shape index (κ1) is 17.2. The first-order chi connectivity index (χ1) is 12.5. The SMILES string of the molecule is O=[N+]([O-])c1ccccc1S(=O)(=O)Oc1ccccc1C=Nn1cnnc1. The van der Waals surface area contributed by atoms with Crippen molar-refractivity contribution in [2.24, 2.45) is 5.10 Å². The van der Waals surface area contributed by atoms with E-state index in [-0.39, 0.29) is 5.75 Å². The van der Waals surface area contributed by atoms with Crippen molar-refractivity contribution in [2.75, 3.05) is 0 Å². The molecule has 0 aliphatic carbocycles. The standard InChI is InChI=1S/C15H11N5O5S/c21-20(22)13-6-2-4-8-15(13)26(23,24)25-14-7-3-1-5-12(14)9-18-19-10-16-17-11-19/h1-11H. The highest BCUT2D eigenvalue weighted by atomic mass is 32.2. The Morgan fingerprint density at radius 2 is 1.73 bits per heavy atom. The summed E-state index contributed by atoms with van der Waals surface area (Å²) >= 11 is 0. The second-order valence-electron chi connectivity index (χ2n) is 4.89. The van der Waals surface area contributed by atoms with E-state index in [2.05, 4.69) is 15.3 Å². The van der Waals surface area contributed by atoms with Gasteiger partial charge >= 0.3 is 10.1 Å². The van der Waals surface area contributed by atoms with E-state index in [1.165, 1.54) is 41.7 Å². The van der Waals surface area contributed by atoms with E-state index < -0.39 is 25.6 Å². The van der Waals surface area contributed by atoms with Crippen LogP contribution in [0.25, 0.3) is 0 Å². The number of para-hydroxylation sites is 2. The minimum absolute atomic E-state index is 0.0255. The molecule has 0 saturated heterocycles. The Balaban J connectivity index is 1.95. The van der Waals surface area contributed by atoms with Gasteiger partial charge in [-0.25, -0.2) is 4.68 Å². The van der Waals surface area contributed by atoms with Crippen LogP contribution in [0.1, 0.15) is 5.56 Å². The highest BCUT2D eigenvalue weighted by Crippen LogP contribution is 2.27. The number of hydrogen-bond donors (Lipinski definition) is 0. The van der Waals surface area contributed by atoms with Gasteiger partial charge in [-0.1, -0.05) is 24.3 Å². The van der Waals surface area contributed by atoms with E-state index in [0.717, 1.165) is 12.1 Å². The van der Waals surface area contributed by atoms with Crippen molar-refractivity contribution in [1.82, 2.24) is 14.9 Å². The first-order valence-electron chi connectivity index (χ1n) is 7.13. The Morgan fingerprint density at radius 3 is 2.46 bits per heavy atom. The van der Waals surface area contributed by atoms with E-state index >= 15 is 0 Å². The highest BCUT2D eigenvalue weighted by molar-refractivity contribution is 7.87. The molecule has 0 bridgehead atoms. The van der Waals surface area contributed by atoms with Gasteiger partial charge in [-0.05, 0) is 18.2 Å². The quantitative estimate of drug-likeness (QED) is 0.279. The van der Waals surface area contributed by atoms with Gasteiger partial charge in [0.15, 0.2) is 10.6 Å². The molecule has 0 saturated carbocycles. The topological polar surface area (TPSA) is 130 Å². The van der Waals surface area contributed by atoms with Gasteiger partial charge in [0.2, 0.25) is 0 Å². The predicted molar refractivity (Wildman–Crippen MR) is 90.4 cm³/mol. The van der Waals surface area contributed by atoms with Crippen molar-refractivity contribution in [3.63, 3.8) is 0 Å². The summed E-state index contributed by atoms with van der Waals surface area (Å²) in [4.78, 5) is 9.76. The van der Waals surface area contributed by atoms with E-state index in [1.807, 2.05) is 0 Å². The molecular weight excluding hydrogens is 362 g/mol. The van der Waals surface area contributed by atoms with E-state index in [4.69, 9.17) is 4.18 Å². The van der Waals surface area contributed by atoms with Crippen molar-refractivity contribution in [3.8, 4) is 5.75 Å². The van der Waals surface area contributed by atoms with Crippen LogP contribution in [-0.4, -0.2) is 34.4 Å². The van der Waals surface area contributed by atoms with Crippen molar-refractivity contribution in [2.45, 2.75) is 4.90 Å². The summed E-state index contributed by atoms with van der Waals surface area (Å²) in [6.45, 7) is 0. The molecule has 1 aromatic heterocycles.